The van der Waals surface area contributed by atoms with Gasteiger partial charge in [-0.15, -0.1) is 0 Å². The first-order valence-electron chi connectivity index (χ1n) is 7.70. The van der Waals surface area contributed by atoms with Gasteiger partial charge in [0.05, 0.1) is 5.57 Å². The van der Waals surface area contributed by atoms with Gasteiger partial charge < -0.3 is 15.3 Å². The average Bonchev–Trinajstić information content (AvgIpc) is 2.29. The van der Waals surface area contributed by atoms with E-state index >= 15 is 0 Å². The van der Waals surface area contributed by atoms with Crippen molar-refractivity contribution in [1.82, 2.24) is 0 Å². The number of ketones is 1. The van der Waals surface area contributed by atoms with E-state index < -0.39 is 10.8 Å². The Labute approximate surface area is 138 Å². The van der Waals surface area contributed by atoms with E-state index in [9.17, 15) is 20.1 Å². The summed E-state index contributed by atoms with van der Waals surface area (Å²) in [4.78, 5) is 12.1. The predicted molar refractivity (Wildman–Crippen MR) is 93.1 cm³/mol. The van der Waals surface area contributed by atoms with Crippen LogP contribution in [0.3, 0.4) is 0 Å². The molecule has 23 heavy (non-hydrogen) atoms. The molecule has 3 N–H and O–H groups in total. The highest BCUT2D eigenvalue weighted by Gasteiger charge is 2.32. The zero-order valence-electron chi connectivity index (χ0n) is 15.3. The highest BCUT2D eigenvalue weighted by molar-refractivity contribution is 6.20. The van der Waals surface area contributed by atoms with Gasteiger partial charge in [0.1, 0.15) is 5.76 Å². The van der Waals surface area contributed by atoms with E-state index in [4.69, 9.17) is 0 Å². The molecule has 1 aromatic carbocycles. The van der Waals surface area contributed by atoms with Gasteiger partial charge in [0.2, 0.25) is 0 Å². The molecular formula is C19H28O4. The Morgan fingerprint density at radius 1 is 0.913 bits per heavy atom. The van der Waals surface area contributed by atoms with Crippen LogP contribution in [0, 0.1) is 0 Å². The largest absolute Gasteiger partial charge is 0.512 e. The van der Waals surface area contributed by atoms with Crippen LogP contribution in [0.1, 0.15) is 72.1 Å². The van der Waals surface area contributed by atoms with Crippen LogP contribution < -0.4 is 0 Å². The highest BCUT2D eigenvalue weighted by atomic mass is 16.3. The van der Waals surface area contributed by atoms with Crippen molar-refractivity contribution in [2.24, 2.45) is 0 Å². The lowest BCUT2D eigenvalue weighted by Gasteiger charge is -2.29. The van der Waals surface area contributed by atoms with E-state index in [1.807, 2.05) is 41.5 Å². The van der Waals surface area contributed by atoms with E-state index in [0.29, 0.717) is 16.7 Å². The molecule has 128 valence electrons. The Hall–Kier alpha value is -1.97. The van der Waals surface area contributed by atoms with Crippen LogP contribution in [0.4, 0.5) is 0 Å². The molecule has 0 bridgehead atoms. The number of hydrogen-bond acceptors (Lipinski definition) is 4. The monoisotopic (exact) mass is 320 g/mol. The second-order valence-corrected chi connectivity index (χ2v) is 8.06. The van der Waals surface area contributed by atoms with Crippen molar-refractivity contribution < 1.29 is 20.1 Å². The molecule has 1 rings (SSSR count). The lowest BCUT2D eigenvalue weighted by atomic mass is 9.76. The van der Waals surface area contributed by atoms with Gasteiger partial charge in [-0.25, -0.2) is 0 Å². The summed E-state index contributed by atoms with van der Waals surface area (Å²) in [6.45, 7) is 14.2. The lowest BCUT2D eigenvalue weighted by Crippen LogP contribution is -2.19. The van der Waals surface area contributed by atoms with Crippen molar-refractivity contribution in [2.45, 2.75) is 66.2 Å². The van der Waals surface area contributed by atoms with Crippen LogP contribution in [0.2, 0.25) is 0 Å². The van der Waals surface area contributed by atoms with Gasteiger partial charge in [0, 0.05) is 11.1 Å². The van der Waals surface area contributed by atoms with Crippen LogP contribution in [0.5, 0.6) is 11.5 Å². The summed E-state index contributed by atoms with van der Waals surface area (Å²) in [7, 11) is 0. The summed E-state index contributed by atoms with van der Waals surface area (Å²) in [5, 5.41) is 31.0. The fourth-order valence-corrected chi connectivity index (χ4v) is 2.83. The maximum absolute atomic E-state index is 12.1. The summed E-state index contributed by atoms with van der Waals surface area (Å²) in [5.41, 5.74) is 0.641. The first-order valence-corrected chi connectivity index (χ1v) is 7.70. The first kappa shape index (κ1) is 19.1. The summed E-state index contributed by atoms with van der Waals surface area (Å²) >= 11 is 0. The number of aliphatic hydroxyl groups excluding tert-OH is 1. The van der Waals surface area contributed by atoms with Gasteiger partial charge in [-0.2, -0.15) is 0 Å². The van der Waals surface area contributed by atoms with Crippen molar-refractivity contribution in [3.8, 4) is 11.5 Å². The summed E-state index contributed by atoms with van der Waals surface area (Å²) < 4.78 is 0. The quantitative estimate of drug-likeness (QED) is 0.424. The van der Waals surface area contributed by atoms with Crippen LogP contribution in [0.25, 0.3) is 5.57 Å². The fourth-order valence-electron chi connectivity index (χ4n) is 2.83. The second-order valence-electron chi connectivity index (χ2n) is 8.06. The number of phenolic OH excluding ortho intramolecular Hbond substituents is 2. The number of Topliss-reactive ketones (excluding diaryl/α,β-unsaturated/α-hetero) is 1. The summed E-state index contributed by atoms with van der Waals surface area (Å²) in [6.07, 6.45) is 0. The molecule has 0 saturated carbocycles. The van der Waals surface area contributed by atoms with Crippen molar-refractivity contribution in [3.63, 3.8) is 0 Å². The summed E-state index contributed by atoms with van der Waals surface area (Å²) in [5.74, 6) is -0.807. The van der Waals surface area contributed by atoms with E-state index in [1.54, 1.807) is 6.07 Å². The molecular weight excluding hydrogens is 292 g/mol. The third-order valence-corrected chi connectivity index (χ3v) is 3.82. The van der Waals surface area contributed by atoms with Crippen molar-refractivity contribution in [1.29, 1.82) is 0 Å². The number of allylic oxidation sites excluding steroid dienone is 2. The van der Waals surface area contributed by atoms with Crippen LogP contribution in [-0.2, 0) is 15.6 Å². The topological polar surface area (TPSA) is 77.8 Å². The lowest BCUT2D eigenvalue weighted by molar-refractivity contribution is -0.111. The molecule has 0 spiro atoms. The minimum Gasteiger partial charge on any atom is -0.512 e. The molecule has 0 aliphatic heterocycles. The Kier molecular flexibility index (Phi) is 4.90. The number of carbonyl (C=O) groups is 1. The van der Waals surface area contributed by atoms with Crippen LogP contribution in [0.15, 0.2) is 11.8 Å². The van der Waals surface area contributed by atoms with E-state index in [0.717, 1.165) is 0 Å². The normalized spacial score (nSPS) is 13.7. The zero-order valence-corrected chi connectivity index (χ0v) is 15.3. The molecule has 0 aliphatic carbocycles. The van der Waals surface area contributed by atoms with Gasteiger partial charge >= 0.3 is 0 Å². The smallest absolute Gasteiger partial charge is 0.163 e. The molecule has 0 saturated heterocycles. The molecule has 4 heteroatoms. The Morgan fingerprint density at radius 2 is 1.39 bits per heavy atom. The van der Waals surface area contributed by atoms with E-state index in [1.165, 1.54) is 13.8 Å². The van der Waals surface area contributed by atoms with Crippen LogP contribution in [-0.4, -0.2) is 21.1 Å². The average molecular weight is 320 g/mol. The van der Waals surface area contributed by atoms with Crippen molar-refractivity contribution in [3.05, 3.63) is 28.5 Å². The van der Waals surface area contributed by atoms with Gasteiger partial charge in [-0.05, 0) is 36.3 Å². The minimum atomic E-state index is -0.524. The molecule has 0 heterocycles. The molecule has 0 aliphatic rings. The zero-order chi connectivity index (χ0) is 18.3. The molecule has 0 radical (unpaired) electrons. The predicted octanol–water partition coefficient (Wildman–Crippen LogP) is 4.57. The molecule has 0 amide bonds. The third-order valence-electron chi connectivity index (χ3n) is 3.82. The molecule has 0 atom stereocenters. The number of rotatable bonds is 2. The molecule has 4 nitrogen and oxygen atoms in total. The summed E-state index contributed by atoms with van der Waals surface area (Å²) in [6, 6.07) is 1.70. The van der Waals surface area contributed by atoms with Crippen molar-refractivity contribution >= 4 is 11.4 Å². The number of benzene rings is 1. The number of hydrogen-bond donors (Lipinski definition) is 3. The molecule has 0 aromatic heterocycles. The maximum atomic E-state index is 12.1. The fraction of sp³-hybridized carbons (Fsp3) is 0.526. The van der Waals surface area contributed by atoms with Gasteiger partial charge in [0.25, 0.3) is 0 Å². The highest BCUT2D eigenvalue weighted by Crippen LogP contribution is 2.47. The Bertz CT molecular complexity index is 664. The molecule has 0 unspecified atom stereocenters. The third kappa shape index (κ3) is 3.69. The number of aromatic hydroxyl groups is 2. The number of aliphatic hydroxyl groups is 1. The number of phenols is 2. The van der Waals surface area contributed by atoms with E-state index in [2.05, 4.69) is 0 Å². The number of carbonyl (C=O) groups excluding carboxylic acids is 1. The second kappa shape index (κ2) is 5.91. The van der Waals surface area contributed by atoms with Crippen LogP contribution >= 0.6 is 0 Å². The van der Waals surface area contributed by atoms with Gasteiger partial charge in [-0.1, -0.05) is 41.5 Å². The van der Waals surface area contributed by atoms with Crippen molar-refractivity contribution in [2.75, 3.05) is 0 Å². The molecule has 0 fully saturated rings. The molecule has 1 aromatic rings. The van der Waals surface area contributed by atoms with E-state index in [-0.39, 0.29) is 28.6 Å². The van der Waals surface area contributed by atoms with Gasteiger partial charge in [0.15, 0.2) is 17.3 Å². The Morgan fingerprint density at radius 3 is 1.70 bits per heavy atom. The standard InChI is InChI=1S/C19H28O4/c1-10(20)14(11(2)21)12-9-13(18(3,4)5)16(22)17(23)15(12)19(6,7)8/h9,20,22-23H,1-8H3. The maximum Gasteiger partial charge on any atom is 0.163 e. The minimum absolute atomic E-state index is 0.104. The Balaban J connectivity index is 4.05. The van der Waals surface area contributed by atoms with Gasteiger partial charge in [-0.3, -0.25) is 4.79 Å². The SMILES string of the molecule is CC(=O)C(=C(C)O)c1cc(C(C)(C)C)c(O)c(O)c1C(C)(C)C. The first-order chi connectivity index (χ1) is 10.2.